The lowest BCUT2D eigenvalue weighted by Gasteiger charge is -2.37. The largest absolute Gasteiger partial charge is 0.480 e. The van der Waals surface area contributed by atoms with Crippen LogP contribution in [0.2, 0.25) is 0 Å². The van der Waals surface area contributed by atoms with E-state index in [-0.39, 0.29) is 11.8 Å². The van der Waals surface area contributed by atoms with E-state index in [2.05, 4.69) is 10.6 Å². The molecule has 3 rings (SSSR count). The summed E-state index contributed by atoms with van der Waals surface area (Å²) < 4.78 is 29.7. The number of carboxylic acids is 1. The van der Waals surface area contributed by atoms with Crippen LogP contribution in [0, 0.1) is 11.8 Å². The predicted octanol–water partition coefficient (Wildman–Crippen LogP) is 0.749. The second kappa shape index (κ2) is 9.10. The van der Waals surface area contributed by atoms with E-state index in [9.17, 15) is 19.5 Å². The number of aliphatic carboxylic acids is 1. The molecule has 3 aliphatic rings. The first-order valence-corrected chi connectivity index (χ1v) is 11.3. The van der Waals surface area contributed by atoms with E-state index in [1.807, 2.05) is 0 Å². The number of carbonyl (C=O) groups excluding carboxylic acids is 2. The van der Waals surface area contributed by atoms with Crippen molar-refractivity contribution in [3.8, 4) is 0 Å². The minimum atomic E-state index is -1.14. The first-order chi connectivity index (χ1) is 15.1. The average Bonchev–Trinajstić information content (AvgIpc) is 3.15. The van der Waals surface area contributed by atoms with Crippen LogP contribution in [0.1, 0.15) is 55.4 Å². The van der Waals surface area contributed by atoms with E-state index >= 15 is 0 Å². The number of hydrogen-bond acceptors (Lipinski definition) is 8. The Morgan fingerprint density at radius 1 is 0.758 bits per heavy atom. The molecule has 3 saturated heterocycles. The number of carbonyl (C=O) groups is 3. The Hall–Kier alpha value is -1.79. The van der Waals surface area contributed by atoms with Crippen molar-refractivity contribution in [3.05, 3.63) is 0 Å². The summed E-state index contributed by atoms with van der Waals surface area (Å²) >= 11 is 0. The third-order valence-corrected chi connectivity index (χ3v) is 5.89. The monoisotopic (exact) mass is 472 g/mol. The molecule has 11 nitrogen and oxygen atoms in total. The zero-order chi connectivity index (χ0) is 24.9. The van der Waals surface area contributed by atoms with E-state index in [1.54, 1.807) is 55.4 Å². The molecule has 0 aromatic rings. The summed E-state index contributed by atoms with van der Waals surface area (Å²) in [4.78, 5) is 37.7. The summed E-state index contributed by atoms with van der Waals surface area (Å²) in [6, 6.07) is -2.06. The molecule has 0 aliphatic carbocycles. The van der Waals surface area contributed by atoms with Crippen LogP contribution in [-0.4, -0.2) is 77.3 Å². The maximum atomic E-state index is 13.3. The van der Waals surface area contributed by atoms with Gasteiger partial charge in [0.05, 0.1) is 0 Å². The van der Waals surface area contributed by atoms with Crippen molar-refractivity contribution >= 4 is 17.8 Å². The van der Waals surface area contributed by atoms with Crippen molar-refractivity contribution in [1.82, 2.24) is 10.6 Å². The second-order valence-electron chi connectivity index (χ2n) is 10.4. The summed E-state index contributed by atoms with van der Waals surface area (Å²) in [5.74, 6) is -4.85. The number of nitrogens with one attached hydrogen (secondary N) is 2. The van der Waals surface area contributed by atoms with Crippen LogP contribution in [0.3, 0.4) is 0 Å². The fourth-order valence-corrected chi connectivity index (χ4v) is 4.35. The first kappa shape index (κ1) is 25.8. The fraction of sp³-hybridized carbons (Fsp3) is 0.864. The first-order valence-electron chi connectivity index (χ1n) is 11.3. The number of fused-ring (bicyclic) bond motifs is 3. The smallest absolute Gasteiger partial charge is 0.326 e. The Bertz CT molecular complexity index is 782. The highest BCUT2D eigenvalue weighted by Gasteiger charge is 2.62. The molecule has 2 unspecified atom stereocenters. The summed E-state index contributed by atoms with van der Waals surface area (Å²) in [6.07, 6.45) is -3.94. The highest BCUT2D eigenvalue weighted by atomic mass is 16.9. The van der Waals surface area contributed by atoms with Crippen molar-refractivity contribution in [2.45, 2.75) is 110 Å². The highest BCUT2D eigenvalue weighted by Crippen LogP contribution is 2.44. The van der Waals surface area contributed by atoms with E-state index in [4.69, 9.17) is 23.7 Å². The van der Waals surface area contributed by atoms with Gasteiger partial charge in [-0.1, -0.05) is 27.7 Å². The lowest BCUT2D eigenvalue weighted by Crippen LogP contribution is -2.62. The van der Waals surface area contributed by atoms with Gasteiger partial charge in [0.1, 0.15) is 30.4 Å². The number of rotatable bonds is 7. The summed E-state index contributed by atoms with van der Waals surface area (Å²) in [5.41, 5.74) is 0. The van der Waals surface area contributed by atoms with Gasteiger partial charge in [-0.25, -0.2) is 4.79 Å². The van der Waals surface area contributed by atoms with Crippen LogP contribution < -0.4 is 10.6 Å². The molecule has 3 heterocycles. The van der Waals surface area contributed by atoms with E-state index in [1.165, 1.54) is 0 Å². The molecule has 0 saturated carbocycles. The Morgan fingerprint density at radius 2 is 1.27 bits per heavy atom. The molecular weight excluding hydrogens is 436 g/mol. The van der Waals surface area contributed by atoms with E-state index in [0.717, 1.165) is 0 Å². The van der Waals surface area contributed by atoms with Crippen LogP contribution in [0.4, 0.5) is 0 Å². The van der Waals surface area contributed by atoms with Crippen molar-refractivity contribution in [2.75, 3.05) is 0 Å². The molecule has 3 aliphatic heterocycles. The van der Waals surface area contributed by atoms with Gasteiger partial charge in [-0.15, -0.1) is 0 Å². The predicted molar refractivity (Wildman–Crippen MR) is 114 cm³/mol. The normalized spacial score (nSPS) is 33.8. The molecule has 33 heavy (non-hydrogen) atoms. The molecule has 7 atom stereocenters. The van der Waals surface area contributed by atoms with Crippen LogP contribution >= 0.6 is 0 Å². The van der Waals surface area contributed by atoms with Crippen molar-refractivity contribution in [1.29, 1.82) is 0 Å². The quantitative estimate of drug-likeness (QED) is 0.489. The van der Waals surface area contributed by atoms with Gasteiger partial charge in [0.15, 0.2) is 24.0 Å². The van der Waals surface area contributed by atoms with Crippen LogP contribution in [0.15, 0.2) is 0 Å². The Morgan fingerprint density at radius 3 is 1.82 bits per heavy atom. The molecule has 0 aromatic heterocycles. The standard InChI is InChI=1S/C22H36N2O9/c1-9(2)11(17(25)24-12(10(3)4)19(27)28)23-18(26)15-13-14(31-21(5,6)30-13)16-20(29-15)33-22(7,8)32-16/h9-16,20H,1-8H3,(H,23,26)(H,24,25)(H,27,28)/t11?,12?,13-,14+,15+,16-,20-/m1/s1. The number of hydrogen-bond donors (Lipinski definition) is 3. The minimum Gasteiger partial charge on any atom is -0.480 e. The van der Waals surface area contributed by atoms with Gasteiger partial charge in [-0.2, -0.15) is 0 Å². The van der Waals surface area contributed by atoms with Crippen LogP contribution in [0.5, 0.6) is 0 Å². The number of carboxylic acid groups (broad SMARTS) is 1. The Kier molecular flexibility index (Phi) is 7.12. The molecular formula is C22H36N2O9. The Balaban J connectivity index is 1.78. The van der Waals surface area contributed by atoms with Gasteiger partial charge in [0, 0.05) is 0 Å². The summed E-state index contributed by atoms with van der Waals surface area (Å²) in [5, 5.41) is 14.6. The molecule has 3 fully saturated rings. The minimum absolute atomic E-state index is 0.315. The average molecular weight is 473 g/mol. The molecule has 11 heteroatoms. The maximum absolute atomic E-state index is 13.3. The molecule has 0 spiro atoms. The third-order valence-electron chi connectivity index (χ3n) is 5.89. The Labute approximate surface area is 193 Å². The highest BCUT2D eigenvalue weighted by molar-refractivity contribution is 5.92. The van der Waals surface area contributed by atoms with Gasteiger partial charge >= 0.3 is 5.97 Å². The van der Waals surface area contributed by atoms with Crippen molar-refractivity contribution < 1.29 is 43.2 Å². The van der Waals surface area contributed by atoms with Crippen LogP contribution in [-0.2, 0) is 38.1 Å². The SMILES string of the molecule is CC(C)C(NC(=O)C(NC(=O)[C@H]1O[C@@H]2OC(C)(C)O[C@@H]2[C@H]2OC(C)(C)O[C@H]21)C(C)C)C(=O)O. The van der Waals surface area contributed by atoms with Crippen molar-refractivity contribution in [3.63, 3.8) is 0 Å². The molecule has 0 bridgehead atoms. The van der Waals surface area contributed by atoms with Gasteiger partial charge in [-0.05, 0) is 39.5 Å². The third kappa shape index (κ3) is 5.48. The topological polar surface area (TPSA) is 142 Å². The van der Waals surface area contributed by atoms with E-state index < -0.39 is 72.1 Å². The van der Waals surface area contributed by atoms with Crippen LogP contribution in [0.25, 0.3) is 0 Å². The lowest BCUT2D eigenvalue weighted by atomic mass is 9.96. The van der Waals surface area contributed by atoms with Crippen molar-refractivity contribution in [2.24, 2.45) is 11.8 Å². The summed E-state index contributed by atoms with van der Waals surface area (Å²) in [7, 11) is 0. The maximum Gasteiger partial charge on any atom is 0.326 e. The summed E-state index contributed by atoms with van der Waals surface area (Å²) in [6.45, 7) is 13.9. The van der Waals surface area contributed by atoms with Gasteiger partial charge in [0.25, 0.3) is 5.91 Å². The molecule has 2 amide bonds. The van der Waals surface area contributed by atoms with E-state index in [0.29, 0.717) is 0 Å². The molecule has 0 radical (unpaired) electrons. The van der Waals surface area contributed by atoms with Gasteiger partial charge in [0.2, 0.25) is 5.91 Å². The fourth-order valence-electron chi connectivity index (χ4n) is 4.35. The van der Waals surface area contributed by atoms with Gasteiger partial charge < -0.3 is 39.4 Å². The zero-order valence-electron chi connectivity index (χ0n) is 20.4. The zero-order valence-corrected chi connectivity index (χ0v) is 20.4. The number of ether oxygens (including phenoxy) is 5. The number of amides is 2. The molecule has 0 aromatic carbocycles. The molecule has 188 valence electrons. The van der Waals surface area contributed by atoms with Gasteiger partial charge in [-0.3, -0.25) is 9.59 Å². The molecule has 3 N–H and O–H groups in total. The lowest BCUT2D eigenvalue weighted by molar-refractivity contribution is -0.231. The second-order valence-corrected chi connectivity index (χ2v) is 10.4.